The Labute approximate surface area is 205 Å². The number of para-hydroxylation sites is 2. The van der Waals surface area contributed by atoms with Crippen LogP contribution in [0.5, 0.6) is 5.75 Å². The summed E-state index contributed by atoms with van der Waals surface area (Å²) in [6.45, 7) is 11.1. The van der Waals surface area contributed by atoms with Crippen LogP contribution in [-0.2, 0) is 11.3 Å². The summed E-state index contributed by atoms with van der Waals surface area (Å²) in [5, 5.41) is 13.0. The van der Waals surface area contributed by atoms with Crippen molar-refractivity contribution in [2.45, 2.75) is 58.3 Å². The molecule has 1 amide bonds. The van der Waals surface area contributed by atoms with Crippen LogP contribution in [-0.4, -0.2) is 26.4 Å². The Bertz CT molecular complexity index is 1080. The lowest BCUT2D eigenvalue weighted by Crippen LogP contribution is -2.18. The second kappa shape index (κ2) is 11.6. The lowest BCUT2D eigenvalue weighted by molar-refractivity contribution is -0.113. The maximum Gasteiger partial charge on any atom is 0.234 e. The number of anilines is 1. The van der Waals surface area contributed by atoms with Crippen molar-refractivity contribution in [2.75, 3.05) is 11.1 Å². The largest absolute Gasteiger partial charge is 0.481 e. The van der Waals surface area contributed by atoms with Gasteiger partial charge in [-0.25, -0.2) is 0 Å². The minimum atomic E-state index is -0.350. The summed E-state index contributed by atoms with van der Waals surface area (Å²) in [6, 6.07) is 15.3. The summed E-state index contributed by atoms with van der Waals surface area (Å²) in [5.41, 5.74) is 1.97. The third-order valence-corrected chi connectivity index (χ3v) is 6.27. The molecule has 0 aliphatic carbocycles. The molecule has 0 aliphatic heterocycles. The van der Waals surface area contributed by atoms with Crippen molar-refractivity contribution in [3.8, 4) is 5.75 Å². The van der Waals surface area contributed by atoms with E-state index in [0.29, 0.717) is 33.6 Å². The van der Waals surface area contributed by atoms with Gasteiger partial charge in [-0.15, -0.1) is 10.2 Å². The van der Waals surface area contributed by atoms with E-state index in [9.17, 15) is 4.79 Å². The predicted molar refractivity (Wildman–Crippen MR) is 135 cm³/mol. The van der Waals surface area contributed by atoms with Crippen molar-refractivity contribution in [2.24, 2.45) is 5.92 Å². The van der Waals surface area contributed by atoms with Crippen LogP contribution in [0, 0.1) is 5.92 Å². The van der Waals surface area contributed by atoms with Crippen molar-refractivity contribution in [1.82, 2.24) is 14.8 Å². The molecule has 1 N–H and O–H groups in total. The van der Waals surface area contributed by atoms with Crippen LogP contribution in [0.2, 0.25) is 5.02 Å². The van der Waals surface area contributed by atoms with Gasteiger partial charge in [0.1, 0.15) is 5.75 Å². The molecule has 0 spiro atoms. The normalized spacial score (nSPS) is 12.2. The molecule has 1 unspecified atom stereocenters. The molecule has 8 heteroatoms. The zero-order valence-electron chi connectivity index (χ0n) is 19.7. The second-order valence-electron chi connectivity index (χ2n) is 8.61. The van der Waals surface area contributed by atoms with Crippen molar-refractivity contribution in [3.05, 3.63) is 64.9 Å². The maximum atomic E-state index is 12.7. The number of carbonyl (C=O) groups excluding carboxylic acids is 1. The van der Waals surface area contributed by atoms with Crippen LogP contribution in [0.1, 0.15) is 58.0 Å². The molecule has 33 heavy (non-hydrogen) atoms. The molecule has 3 aromatic rings. The van der Waals surface area contributed by atoms with Gasteiger partial charge in [0, 0.05) is 12.2 Å². The number of nitrogens with zero attached hydrogens (tertiary/aromatic N) is 3. The highest BCUT2D eigenvalue weighted by molar-refractivity contribution is 7.99. The smallest absolute Gasteiger partial charge is 0.234 e. The van der Waals surface area contributed by atoms with Crippen LogP contribution >= 0.6 is 23.4 Å². The first kappa shape index (κ1) is 25.1. The molecule has 176 valence electrons. The second-order valence-corrected chi connectivity index (χ2v) is 9.96. The van der Waals surface area contributed by atoms with Crippen LogP contribution < -0.4 is 10.1 Å². The van der Waals surface area contributed by atoms with Gasteiger partial charge >= 0.3 is 0 Å². The molecule has 1 atom stereocenters. The van der Waals surface area contributed by atoms with Gasteiger partial charge in [-0.1, -0.05) is 81.4 Å². The topological polar surface area (TPSA) is 69.0 Å². The van der Waals surface area contributed by atoms with Crippen LogP contribution in [0.3, 0.4) is 0 Å². The van der Waals surface area contributed by atoms with Gasteiger partial charge < -0.3 is 14.6 Å². The number of carbonyl (C=O) groups is 1. The number of hydrogen-bond donors (Lipinski definition) is 1. The number of aromatic nitrogens is 3. The van der Waals surface area contributed by atoms with E-state index in [2.05, 4.69) is 43.2 Å². The van der Waals surface area contributed by atoms with Gasteiger partial charge in [-0.3, -0.25) is 4.79 Å². The van der Waals surface area contributed by atoms with Crippen molar-refractivity contribution < 1.29 is 9.53 Å². The Balaban J connectivity index is 1.72. The minimum absolute atomic E-state index is 0.0749. The molecule has 0 radical (unpaired) electrons. The van der Waals surface area contributed by atoms with Crippen molar-refractivity contribution in [1.29, 1.82) is 0 Å². The van der Waals surface area contributed by atoms with Gasteiger partial charge in [0.05, 0.1) is 10.8 Å². The molecule has 0 aliphatic rings. The summed E-state index contributed by atoms with van der Waals surface area (Å²) in [6.07, 6.45) is -0.350. The first-order valence-corrected chi connectivity index (χ1v) is 12.5. The van der Waals surface area contributed by atoms with E-state index < -0.39 is 0 Å². The summed E-state index contributed by atoms with van der Waals surface area (Å²) in [7, 11) is 0. The Hall–Kier alpha value is -2.51. The van der Waals surface area contributed by atoms with Crippen LogP contribution in [0.25, 0.3) is 0 Å². The Morgan fingerprint density at radius 2 is 1.76 bits per heavy atom. The molecular formula is C25H31ClN4O2S. The Morgan fingerprint density at radius 3 is 2.45 bits per heavy atom. The summed E-state index contributed by atoms with van der Waals surface area (Å²) < 4.78 is 8.10. The molecule has 1 heterocycles. The lowest BCUT2D eigenvalue weighted by atomic mass is 10.0. The van der Waals surface area contributed by atoms with Gasteiger partial charge in [-0.2, -0.15) is 0 Å². The SMILES string of the molecule is CC(C)Cn1c(SCC(=O)Nc2ccccc2C(C)C)nnc1C(C)Oc1ccccc1Cl. The number of hydrogen-bond acceptors (Lipinski definition) is 5. The van der Waals surface area contributed by atoms with E-state index in [1.807, 2.05) is 54.0 Å². The fourth-order valence-corrected chi connectivity index (χ4v) is 4.39. The van der Waals surface area contributed by atoms with E-state index in [1.165, 1.54) is 11.8 Å². The lowest BCUT2D eigenvalue weighted by Gasteiger charge is -2.18. The number of rotatable bonds is 10. The highest BCUT2D eigenvalue weighted by atomic mass is 35.5. The summed E-state index contributed by atoms with van der Waals surface area (Å²) in [5.74, 6) is 2.17. The average molecular weight is 487 g/mol. The molecule has 0 bridgehead atoms. The van der Waals surface area contributed by atoms with Gasteiger partial charge in [-0.05, 0) is 42.5 Å². The fraction of sp³-hybridized carbons (Fsp3) is 0.400. The van der Waals surface area contributed by atoms with Crippen LogP contribution in [0.15, 0.2) is 53.7 Å². The zero-order valence-corrected chi connectivity index (χ0v) is 21.3. The number of amides is 1. The maximum absolute atomic E-state index is 12.7. The molecule has 2 aromatic carbocycles. The van der Waals surface area contributed by atoms with Gasteiger partial charge in [0.2, 0.25) is 5.91 Å². The van der Waals surface area contributed by atoms with E-state index in [1.54, 1.807) is 6.07 Å². The first-order valence-electron chi connectivity index (χ1n) is 11.1. The number of benzene rings is 2. The first-order chi connectivity index (χ1) is 15.8. The highest BCUT2D eigenvalue weighted by Gasteiger charge is 2.22. The molecular weight excluding hydrogens is 456 g/mol. The number of thioether (sulfide) groups is 1. The monoisotopic (exact) mass is 486 g/mol. The minimum Gasteiger partial charge on any atom is -0.481 e. The van der Waals surface area contributed by atoms with E-state index in [-0.39, 0.29) is 17.8 Å². The molecule has 0 saturated carbocycles. The van der Waals surface area contributed by atoms with E-state index in [0.717, 1.165) is 17.8 Å². The molecule has 6 nitrogen and oxygen atoms in total. The molecule has 1 aromatic heterocycles. The van der Waals surface area contributed by atoms with Crippen molar-refractivity contribution >= 4 is 35.0 Å². The Morgan fingerprint density at radius 1 is 1.06 bits per heavy atom. The van der Waals surface area contributed by atoms with Crippen LogP contribution in [0.4, 0.5) is 5.69 Å². The quantitative estimate of drug-likeness (QED) is 0.328. The van der Waals surface area contributed by atoms with Gasteiger partial charge in [0.25, 0.3) is 0 Å². The zero-order chi connectivity index (χ0) is 24.0. The summed E-state index contributed by atoms with van der Waals surface area (Å²) >= 11 is 7.62. The fourth-order valence-electron chi connectivity index (χ4n) is 3.46. The van der Waals surface area contributed by atoms with E-state index in [4.69, 9.17) is 16.3 Å². The molecule has 3 rings (SSSR count). The number of halogens is 1. The number of ether oxygens (including phenoxy) is 1. The average Bonchev–Trinajstić information content (AvgIpc) is 3.16. The Kier molecular flexibility index (Phi) is 8.80. The molecule has 0 fully saturated rings. The van der Waals surface area contributed by atoms with Crippen molar-refractivity contribution in [3.63, 3.8) is 0 Å². The summed E-state index contributed by atoms with van der Waals surface area (Å²) in [4.78, 5) is 12.7. The van der Waals surface area contributed by atoms with Gasteiger partial charge in [0.15, 0.2) is 17.1 Å². The number of nitrogens with one attached hydrogen (secondary N) is 1. The highest BCUT2D eigenvalue weighted by Crippen LogP contribution is 2.30. The molecule has 0 saturated heterocycles. The standard InChI is InChI=1S/C25H31ClN4O2S/c1-16(2)14-30-24(18(5)32-22-13-9-7-11-20(22)26)28-29-25(30)33-15-23(31)27-21-12-8-6-10-19(21)17(3)4/h6-13,16-18H,14-15H2,1-5H3,(H,27,31). The van der Waals surface area contributed by atoms with E-state index >= 15 is 0 Å². The third kappa shape index (κ3) is 6.74. The third-order valence-electron chi connectivity index (χ3n) is 4.99. The predicted octanol–water partition coefficient (Wildman–Crippen LogP) is 6.58.